The number of hydrogen-bond donors (Lipinski definition) is 1. The summed E-state index contributed by atoms with van der Waals surface area (Å²) in [7, 11) is 0. The molecule has 3 heterocycles. The predicted octanol–water partition coefficient (Wildman–Crippen LogP) is 3.07. The molecule has 0 aliphatic carbocycles. The maximum absolute atomic E-state index is 6.11. The molecule has 1 atom stereocenters. The van der Waals surface area contributed by atoms with Crippen LogP contribution in [0.15, 0.2) is 18.3 Å². The summed E-state index contributed by atoms with van der Waals surface area (Å²) in [5, 5.41) is 4.65. The van der Waals surface area contributed by atoms with Crippen LogP contribution >= 0.6 is 23.2 Å². The molecule has 2 aromatic rings. The lowest BCUT2D eigenvalue weighted by Gasteiger charge is -2.08. The molecule has 1 fully saturated rings. The molecule has 0 radical (unpaired) electrons. The maximum atomic E-state index is 6.11. The molecule has 3 nitrogen and oxygen atoms in total. The number of halogens is 2. The minimum Gasteiger partial charge on any atom is -0.307 e. The Morgan fingerprint density at radius 1 is 1.38 bits per heavy atom. The molecule has 16 heavy (non-hydrogen) atoms. The van der Waals surface area contributed by atoms with Crippen LogP contribution < -0.4 is 5.32 Å². The van der Waals surface area contributed by atoms with Gasteiger partial charge in [-0.25, -0.2) is 4.98 Å². The molecule has 1 saturated heterocycles. The van der Waals surface area contributed by atoms with E-state index in [1.807, 2.05) is 22.7 Å². The van der Waals surface area contributed by atoms with E-state index in [-0.39, 0.29) is 0 Å². The number of rotatable bonds is 1. The highest BCUT2D eigenvalue weighted by atomic mass is 35.5. The Labute approximate surface area is 103 Å². The van der Waals surface area contributed by atoms with Crippen molar-refractivity contribution in [2.45, 2.75) is 18.9 Å². The van der Waals surface area contributed by atoms with Crippen LogP contribution in [0.2, 0.25) is 10.2 Å². The number of aromatic nitrogens is 2. The van der Waals surface area contributed by atoms with E-state index in [0.29, 0.717) is 16.2 Å². The Morgan fingerprint density at radius 2 is 2.25 bits per heavy atom. The molecule has 1 unspecified atom stereocenters. The first-order valence-electron chi connectivity index (χ1n) is 5.32. The van der Waals surface area contributed by atoms with E-state index >= 15 is 0 Å². The summed E-state index contributed by atoms with van der Waals surface area (Å²) in [6.07, 6.45) is 4.14. The molecule has 2 aromatic heterocycles. The third kappa shape index (κ3) is 1.59. The summed E-state index contributed by atoms with van der Waals surface area (Å²) < 4.78 is 1.98. The zero-order valence-electron chi connectivity index (χ0n) is 8.58. The molecule has 1 aliphatic heterocycles. The molecular weight excluding hydrogens is 245 g/mol. The second kappa shape index (κ2) is 3.91. The number of nitrogens with zero attached hydrogens (tertiary/aromatic N) is 2. The molecule has 5 heteroatoms. The Morgan fingerprint density at radius 3 is 3.00 bits per heavy atom. The van der Waals surface area contributed by atoms with E-state index in [9.17, 15) is 0 Å². The monoisotopic (exact) mass is 255 g/mol. The van der Waals surface area contributed by atoms with E-state index in [4.69, 9.17) is 23.2 Å². The van der Waals surface area contributed by atoms with Crippen molar-refractivity contribution >= 4 is 28.7 Å². The van der Waals surface area contributed by atoms with E-state index in [1.165, 1.54) is 6.42 Å². The number of pyridine rings is 1. The molecule has 1 aliphatic rings. The maximum Gasteiger partial charge on any atom is 0.155 e. The van der Waals surface area contributed by atoms with E-state index < -0.39 is 0 Å². The Bertz CT molecular complexity index is 529. The molecule has 0 saturated carbocycles. The molecule has 3 rings (SSSR count). The lowest BCUT2D eigenvalue weighted by Crippen LogP contribution is -2.15. The van der Waals surface area contributed by atoms with Crippen LogP contribution in [0.3, 0.4) is 0 Å². The van der Waals surface area contributed by atoms with Crippen molar-refractivity contribution in [3.05, 3.63) is 34.3 Å². The highest BCUT2D eigenvalue weighted by molar-refractivity contribution is 6.33. The van der Waals surface area contributed by atoms with Gasteiger partial charge in [0.15, 0.2) is 5.15 Å². The molecule has 1 N–H and O–H groups in total. The fraction of sp³-hybridized carbons (Fsp3) is 0.364. The largest absolute Gasteiger partial charge is 0.307 e. The smallest absolute Gasteiger partial charge is 0.155 e. The molecule has 0 spiro atoms. The van der Waals surface area contributed by atoms with Gasteiger partial charge in [0.1, 0.15) is 5.82 Å². The van der Waals surface area contributed by atoms with Crippen molar-refractivity contribution in [3.63, 3.8) is 0 Å². The van der Waals surface area contributed by atoms with E-state index in [0.717, 1.165) is 24.3 Å². The van der Waals surface area contributed by atoms with E-state index in [1.54, 1.807) is 0 Å². The number of fused-ring (bicyclic) bond motifs is 1. The number of imidazole rings is 1. The topological polar surface area (TPSA) is 29.3 Å². The average molecular weight is 256 g/mol. The Kier molecular flexibility index (Phi) is 2.54. The van der Waals surface area contributed by atoms with Gasteiger partial charge in [-0.2, -0.15) is 0 Å². The van der Waals surface area contributed by atoms with Gasteiger partial charge < -0.3 is 5.32 Å². The van der Waals surface area contributed by atoms with Gasteiger partial charge in [-0.3, -0.25) is 4.40 Å². The van der Waals surface area contributed by atoms with Gasteiger partial charge in [0.2, 0.25) is 0 Å². The minimum atomic E-state index is 0.290. The summed E-state index contributed by atoms with van der Waals surface area (Å²) >= 11 is 12.1. The molecule has 84 valence electrons. The second-order valence-electron chi connectivity index (χ2n) is 4.01. The van der Waals surface area contributed by atoms with Gasteiger partial charge in [0.05, 0.1) is 16.6 Å². The highest BCUT2D eigenvalue weighted by Gasteiger charge is 2.22. The van der Waals surface area contributed by atoms with Crippen LogP contribution in [0.1, 0.15) is 24.7 Å². The van der Waals surface area contributed by atoms with Gasteiger partial charge in [-0.1, -0.05) is 23.2 Å². The van der Waals surface area contributed by atoms with Crippen molar-refractivity contribution in [2.75, 3.05) is 6.54 Å². The lowest BCUT2D eigenvalue weighted by atomic mass is 10.2. The van der Waals surface area contributed by atoms with Gasteiger partial charge in [0, 0.05) is 6.20 Å². The predicted molar refractivity (Wildman–Crippen MR) is 65.2 cm³/mol. The third-order valence-corrected chi connectivity index (χ3v) is 3.46. The van der Waals surface area contributed by atoms with Gasteiger partial charge in [-0.05, 0) is 31.5 Å². The van der Waals surface area contributed by atoms with Crippen LogP contribution in [0, 0.1) is 0 Å². The fourth-order valence-electron chi connectivity index (χ4n) is 2.19. The Hall–Kier alpha value is -0.770. The molecule has 0 bridgehead atoms. The van der Waals surface area contributed by atoms with Crippen molar-refractivity contribution in [3.8, 4) is 0 Å². The van der Waals surface area contributed by atoms with Crippen molar-refractivity contribution in [1.29, 1.82) is 0 Å². The van der Waals surface area contributed by atoms with Crippen LogP contribution in [0.4, 0.5) is 0 Å². The normalized spacial score (nSPS) is 20.8. The molecular formula is C11H11Cl2N3. The second-order valence-corrected chi connectivity index (χ2v) is 4.81. The average Bonchev–Trinajstić information content (AvgIpc) is 2.86. The zero-order chi connectivity index (χ0) is 11.1. The van der Waals surface area contributed by atoms with Crippen molar-refractivity contribution in [2.24, 2.45) is 0 Å². The SMILES string of the molecule is Clc1ccc2c(Cl)nc(C3CCCN3)n2c1. The Balaban J connectivity index is 2.19. The first kappa shape index (κ1) is 10.4. The van der Waals surface area contributed by atoms with Crippen molar-refractivity contribution < 1.29 is 0 Å². The standard InChI is InChI=1S/C11H11Cl2N3/c12-7-3-4-9-10(13)15-11(16(9)6-7)8-2-1-5-14-8/h3-4,6,8,14H,1-2,5H2. The quantitative estimate of drug-likeness (QED) is 0.849. The summed E-state index contributed by atoms with van der Waals surface area (Å²) in [6, 6.07) is 4.02. The number of nitrogens with one attached hydrogen (secondary N) is 1. The zero-order valence-corrected chi connectivity index (χ0v) is 10.1. The molecule has 0 amide bonds. The fourth-order valence-corrected chi connectivity index (χ4v) is 2.60. The molecule has 0 aromatic carbocycles. The van der Waals surface area contributed by atoms with Crippen molar-refractivity contribution in [1.82, 2.24) is 14.7 Å². The van der Waals surface area contributed by atoms with E-state index in [2.05, 4.69) is 10.3 Å². The summed E-state index contributed by atoms with van der Waals surface area (Å²) in [5.41, 5.74) is 0.912. The highest BCUT2D eigenvalue weighted by Crippen LogP contribution is 2.28. The summed E-state index contributed by atoms with van der Waals surface area (Å²) in [6.45, 7) is 1.04. The van der Waals surface area contributed by atoms with Gasteiger partial charge in [0.25, 0.3) is 0 Å². The van der Waals surface area contributed by atoms with Crippen LogP contribution in [-0.4, -0.2) is 15.9 Å². The van der Waals surface area contributed by atoms with Crippen LogP contribution in [-0.2, 0) is 0 Å². The van der Waals surface area contributed by atoms with Crippen LogP contribution in [0.5, 0.6) is 0 Å². The number of hydrogen-bond acceptors (Lipinski definition) is 2. The minimum absolute atomic E-state index is 0.290. The van der Waals surface area contributed by atoms with Gasteiger partial charge >= 0.3 is 0 Å². The summed E-state index contributed by atoms with van der Waals surface area (Å²) in [5.74, 6) is 0.958. The lowest BCUT2D eigenvalue weighted by molar-refractivity contribution is 0.603. The first-order chi connectivity index (χ1) is 7.75. The third-order valence-electron chi connectivity index (χ3n) is 2.96. The van der Waals surface area contributed by atoms with Crippen LogP contribution in [0.25, 0.3) is 5.52 Å². The van der Waals surface area contributed by atoms with Gasteiger partial charge in [-0.15, -0.1) is 0 Å². The summed E-state index contributed by atoms with van der Waals surface area (Å²) in [4.78, 5) is 4.42. The first-order valence-corrected chi connectivity index (χ1v) is 6.08.